The molecule has 3 saturated heterocycles. The molecule has 0 spiro atoms. The number of hydrogen-bond acceptors (Lipinski definition) is 4. The number of rotatable bonds is 7. The Morgan fingerprint density at radius 2 is 2.06 bits per heavy atom. The lowest BCUT2D eigenvalue weighted by Crippen LogP contribution is -2.55. The molecule has 2 unspecified atom stereocenters. The Bertz CT molecular complexity index is 1050. The predicted molar refractivity (Wildman–Crippen MR) is 124 cm³/mol. The monoisotopic (exact) mass is 414 g/mol. The van der Waals surface area contributed by atoms with Gasteiger partial charge in [-0.15, -0.1) is 6.58 Å². The van der Waals surface area contributed by atoms with Gasteiger partial charge in [-0.1, -0.05) is 36.4 Å². The third-order valence-electron chi connectivity index (χ3n) is 7.06. The van der Waals surface area contributed by atoms with Crippen LogP contribution in [0, 0.1) is 11.8 Å². The van der Waals surface area contributed by atoms with Crippen LogP contribution in [0.25, 0.3) is 10.9 Å². The number of piperidine rings is 3. The highest BCUT2D eigenvalue weighted by Gasteiger charge is 2.43. The Kier molecular flexibility index (Phi) is 5.75. The fourth-order valence-corrected chi connectivity index (χ4v) is 5.38. The van der Waals surface area contributed by atoms with Crippen molar-refractivity contribution in [1.29, 1.82) is 0 Å². The quantitative estimate of drug-likeness (QED) is 0.485. The van der Waals surface area contributed by atoms with Crippen LogP contribution in [0.5, 0.6) is 5.75 Å². The van der Waals surface area contributed by atoms with Gasteiger partial charge < -0.3 is 9.47 Å². The minimum atomic E-state index is -0.0219. The molecule has 2 aromatic carbocycles. The van der Waals surface area contributed by atoms with Gasteiger partial charge in [0, 0.05) is 24.2 Å². The molecule has 4 heterocycles. The first kappa shape index (κ1) is 20.2. The van der Waals surface area contributed by atoms with Gasteiger partial charge in [0.05, 0.1) is 25.3 Å². The summed E-state index contributed by atoms with van der Waals surface area (Å²) in [4.78, 5) is 7.22. The Morgan fingerprint density at radius 3 is 2.81 bits per heavy atom. The minimum Gasteiger partial charge on any atom is -0.497 e. The van der Waals surface area contributed by atoms with E-state index in [1.165, 1.54) is 17.5 Å². The van der Waals surface area contributed by atoms with Crippen LogP contribution < -0.4 is 4.74 Å². The molecule has 3 aromatic rings. The largest absolute Gasteiger partial charge is 0.497 e. The highest BCUT2D eigenvalue weighted by molar-refractivity contribution is 5.84. The standard InChI is InChI=1S/C27H30N2O2/c1-3-20-17-29-14-12-21(20)15-26(29)27(31-18-19-7-5-4-6-8-19)23-11-13-28-25-10-9-22(30-2)16-24(23)25/h3-11,13,16,20-21,26-27H,1,12,14-15,17-18H2,2H3/t20-,21?,26-,27+/m0/s1. The van der Waals surface area contributed by atoms with Gasteiger partial charge in [-0.3, -0.25) is 9.88 Å². The van der Waals surface area contributed by atoms with Gasteiger partial charge in [0.25, 0.3) is 0 Å². The SMILES string of the molecule is C=C[C@H]1CN2CCC1C[C@H]2[C@H](OCc1ccccc1)c1ccnc2ccc(OC)cc12. The van der Waals surface area contributed by atoms with Gasteiger partial charge in [-0.05, 0) is 66.6 Å². The van der Waals surface area contributed by atoms with Gasteiger partial charge in [0.15, 0.2) is 0 Å². The van der Waals surface area contributed by atoms with Crippen molar-refractivity contribution in [2.45, 2.75) is 31.6 Å². The van der Waals surface area contributed by atoms with Crippen molar-refractivity contribution in [1.82, 2.24) is 9.88 Å². The van der Waals surface area contributed by atoms with Crippen LogP contribution in [-0.4, -0.2) is 36.1 Å². The topological polar surface area (TPSA) is 34.6 Å². The molecule has 3 fully saturated rings. The summed E-state index contributed by atoms with van der Waals surface area (Å²) in [5.41, 5.74) is 3.38. The van der Waals surface area contributed by atoms with Crippen molar-refractivity contribution < 1.29 is 9.47 Å². The van der Waals surface area contributed by atoms with E-state index in [2.05, 4.69) is 58.9 Å². The van der Waals surface area contributed by atoms with Crippen molar-refractivity contribution in [3.63, 3.8) is 0 Å². The molecule has 1 aromatic heterocycles. The number of fused-ring (bicyclic) bond motifs is 4. The molecule has 0 radical (unpaired) electrons. The normalized spacial score (nSPS) is 26.0. The van der Waals surface area contributed by atoms with E-state index in [0.717, 1.165) is 36.2 Å². The smallest absolute Gasteiger partial charge is 0.119 e. The molecular weight excluding hydrogens is 384 g/mol. The van der Waals surface area contributed by atoms with E-state index >= 15 is 0 Å². The fraction of sp³-hybridized carbons (Fsp3) is 0.370. The highest BCUT2D eigenvalue weighted by Crippen LogP contribution is 2.43. The Hall–Kier alpha value is -2.69. The summed E-state index contributed by atoms with van der Waals surface area (Å²) < 4.78 is 12.2. The number of nitrogens with zero attached hydrogens (tertiary/aromatic N) is 2. The third kappa shape index (κ3) is 3.98. The summed E-state index contributed by atoms with van der Waals surface area (Å²) in [6.07, 6.45) is 6.44. The molecule has 3 aliphatic heterocycles. The Labute approximate surface area is 184 Å². The predicted octanol–water partition coefficient (Wildman–Crippen LogP) is 5.40. The molecule has 3 aliphatic rings. The van der Waals surface area contributed by atoms with E-state index in [4.69, 9.17) is 9.47 Å². The number of methoxy groups -OCH3 is 1. The second-order valence-corrected chi connectivity index (χ2v) is 8.75. The third-order valence-corrected chi connectivity index (χ3v) is 7.06. The highest BCUT2D eigenvalue weighted by atomic mass is 16.5. The molecule has 4 heteroatoms. The Morgan fingerprint density at radius 1 is 1.19 bits per heavy atom. The summed E-state index contributed by atoms with van der Waals surface area (Å²) >= 11 is 0. The lowest BCUT2D eigenvalue weighted by molar-refractivity contribution is -0.0803. The van der Waals surface area contributed by atoms with E-state index in [-0.39, 0.29) is 6.10 Å². The zero-order valence-corrected chi connectivity index (χ0v) is 18.1. The first-order chi connectivity index (χ1) is 15.3. The lowest BCUT2D eigenvalue weighted by Gasteiger charge is -2.51. The molecule has 6 rings (SSSR count). The average Bonchev–Trinajstić information content (AvgIpc) is 2.85. The van der Waals surface area contributed by atoms with E-state index in [0.29, 0.717) is 24.5 Å². The summed E-state index contributed by atoms with van der Waals surface area (Å²) in [5, 5.41) is 1.11. The van der Waals surface area contributed by atoms with Crippen LogP contribution in [0.1, 0.15) is 30.1 Å². The van der Waals surface area contributed by atoms with Crippen LogP contribution in [0.15, 0.2) is 73.4 Å². The lowest BCUT2D eigenvalue weighted by atomic mass is 9.73. The molecule has 0 amide bonds. The number of aromatic nitrogens is 1. The summed E-state index contributed by atoms with van der Waals surface area (Å²) in [7, 11) is 1.71. The van der Waals surface area contributed by atoms with Gasteiger partial charge in [-0.25, -0.2) is 0 Å². The van der Waals surface area contributed by atoms with Crippen molar-refractivity contribution in [3.05, 3.63) is 84.6 Å². The van der Waals surface area contributed by atoms with E-state index < -0.39 is 0 Å². The van der Waals surface area contributed by atoms with Gasteiger partial charge in [0.1, 0.15) is 5.75 Å². The summed E-state index contributed by atoms with van der Waals surface area (Å²) in [5.74, 6) is 2.13. The minimum absolute atomic E-state index is 0.0219. The molecule has 2 bridgehead atoms. The van der Waals surface area contributed by atoms with E-state index in [9.17, 15) is 0 Å². The molecule has 0 N–H and O–H groups in total. The van der Waals surface area contributed by atoms with Gasteiger partial charge >= 0.3 is 0 Å². The van der Waals surface area contributed by atoms with Crippen molar-refractivity contribution >= 4 is 10.9 Å². The van der Waals surface area contributed by atoms with Gasteiger partial charge in [0.2, 0.25) is 0 Å². The maximum Gasteiger partial charge on any atom is 0.119 e. The van der Waals surface area contributed by atoms with E-state index in [1.54, 1.807) is 7.11 Å². The molecule has 160 valence electrons. The number of hydrogen-bond donors (Lipinski definition) is 0. The summed E-state index contributed by atoms with van der Waals surface area (Å²) in [6.45, 7) is 6.90. The van der Waals surface area contributed by atoms with Crippen LogP contribution in [0.3, 0.4) is 0 Å². The zero-order valence-electron chi connectivity index (χ0n) is 18.1. The second-order valence-electron chi connectivity index (χ2n) is 8.75. The van der Waals surface area contributed by atoms with E-state index in [1.807, 2.05) is 24.4 Å². The Balaban J connectivity index is 1.53. The zero-order chi connectivity index (χ0) is 21.2. The van der Waals surface area contributed by atoms with Crippen molar-refractivity contribution in [2.75, 3.05) is 20.2 Å². The fourth-order valence-electron chi connectivity index (χ4n) is 5.38. The second kappa shape index (κ2) is 8.81. The maximum absolute atomic E-state index is 6.72. The van der Waals surface area contributed by atoms with Crippen molar-refractivity contribution in [2.24, 2.45) is 11.8 Å². The summed E-state index contributed by atoms with van der Waals surface area (Å²) in [6, 6.07) is 19.0. The molecular formula is C27H30N2O2. The van der Waals surface area contributed by atoms with Crippen LogP contribution >= 0.6 is 0 Å². The first-order valence-corrected chi connectivity index (χ1v) is 11.2. The maximum atomic E-state index is 6.72. The molecule has 4 nitrogen and oxygen atoms in total. The van der Waals surface area contributed by atoms with Crippen molar-refractivity contribution in [3.8, 4) is 5.75 Å². The molecule has 5 atom stereocenters. The van der Waals surface area contributed by atoms with Crippen LogP contribution in [0.2, 0.25) is 0 Å². The molecule has 0 aliphatic carbocycles. The number of benzene rings is 2. The molecule has 31 heavy (non-hydrogen) atoms. The average molecular weight is 415 g/mol. The van der Waals surface area contributed by atoms with Gasteiger partial charge in [-0.2, -0.15) is 0 Å². The molecule has 0 saturated carbocycles. The number of ether oxygens (including phenoxy) is 2. The van der Waals surface area contributed by atoms with Crippen LogP contribution in [-0.2, 0) is 11.3 Å². The first-order valence-electron chi connectivity index (χ1n) is 11.2. The van der Waals surface area contributed by atoms with Crippen LogP contribution in [0.4, 0.5) is 0 Å². The number of pyridine rings is 1.